The lowest BCUT2D eigenvalue weighted by Gasteiger charge is -2.02. The van der Waals surface area contributed by atoms with Crippen molar-refractivity contribution >= 4 is 11.4 Å². The first kappa shape index (κ1) is 22.1. The second-order valence-corrected chi connectivity index (χ2v) is 7.36. The predicted octanol–water partition coefficient (Wildman–Crippen LogP) is 4.39. The third kappa shape index (κ3) is 5.11. The summed E-state index contributed by atoms with van der Waals surface area (Å²) in [6, 6.07) is 11.0. The lowest BCUT2D eigenvalue weighted by molar-refractivity contribution is 0.280. The topological polar surface area (TPSA) is 103 Å². The molecule has 2 aromatic carbocycles. The fourth-order valence-corrected chi connectivity index (χ4v) is 3.21. The molecule has 0 aliphatic rings. The molecule has 0 spiro atoms. The Morgan fingerprint density at radius 2 is 1.71 bits per heavy atom. The van der Waals surface area contributed by atoms with E-state index in [1.165, 1.54) is 4.68 Å². The number of rotatable bonds is 6. The molecule has 0 saturated carbocycles. The number of hydrogen-bond donors (Lipinski definition) is 3. The van der Waals surface area contributed by atoms with Crippen LogP contribution in [0.4, 0.5) is 11.4 Å². The molecule has 160 valence electrons. The number of aliphatic hydroxyl groups is 1. The van der Waals surface area contributed by atoms with E-state index in [1.807, 2.05) is 32.0 Å². The molecule has 3 aromatic rings. The molecule has 0 aliphatic carbocycles. The van der Waals surface area contributed by atoms with Crippen molar-refractivity contribution in [2.75, 3.05) is 6.61 Å². The van der Waals surface area contributed by atoms with Crippen molar-refractivity contribution in [3.8, 4) is 17.6 Å². The summed E-state index contributed by atoms with van der Waals surface area (Å²) in [5, 5.41) is 30.6. The highest BCUT2D eigenvalue weighted by atomic mass is 16.3. The van der Waals surface area contributed by atoms with Gasteiger partial charge in [0.1, 0.15) is 5.69 Å². The second-order valence-electron chi connectivity index (χ2n) is 7.36. The van der Waals surface area contributed by atoms with Gasteiger partial charge in [0.15, 0.2) is 11.4 Å². The molecule has 0 unspecified atom stereocenters. The average molecular weight is 418 g/mol. The van der Waals surface area contributed by atoms with Gasteiger partial charge in [-0.3, -0.25) is 14.6 Å². The van der Waals surface area contributed by atoms with Crippen LogP contribution in [0.5, 0.6) is 5.75 Å². The number of hydrogen-bond acceptors (Lipinski definition) is 5. The molecular weight excluding hydrogens is 392 g/mol. The first-order valence-corrected chi connectivity index (χ1v) is 10.1. The fraction of sp³-hybridized carbons (Fsp3) is 0.292. The van der Waals surface area contributed by atoms with Crippen LogP contribution in [-0.2, 0) is 6.54 Å². The van der Waals surface area contributed by atoms with Crippen LogP contribution in [0.1, 0.15) is 40.8 Å². The van der Waals surface area contributed by atoms with E-state index in [0.29, 0.717) is 30.6 Å². The van der Waals surface area contributed by atoms with Crippen LogP contribution < -0.4 is 5.56 Å². The zero-order chi connectivity index (χ0) is 22.4. The van der Waals surface area contributed by atoms with Gasteiger partial charge in [-0.15, -0.1) is 10.2 Å². The molecule has 0 amide bonds. The Bertz CT molecular complexity index is 1210. The number of para-hydroxylation sites is 1. The third-order valence-electron chi connectivity index (χ3n) is 4.97. The monoisotopic (exact) mass is 418 g/mol. The van der Waals surface area contributed by atoms with Crippen molar-refractivity contribution < 1.29 is 10.2 Å². The van der Waals surface area contributed by atoms with Gasteiger partial charge in [-0.2, -0.15) is 0 Å². The number of H-pyrrole nitrogens is 1. The van der Waals surface area contributed by atoms with E-state index < -0.39 is 0 Å². The van der Waals surface area contributed by atoms with Gasteiger partial charge in [0.2, 0.25) is 0 Å². The largest absolute Gasteiger partial charge is 0.504 e. The van der Waals surface area contributed by atoms with Gasteiger partial charge in [-0.25, -0.2) is 0 Å². The molecule has 0 fully saturated rings. The molecule has 0 atom stereocenters. The highest BCUT2D eigenvalue weighted by Crippen LogP contribution is 2.31. The Labute approximate surface area is 181 Å². The SMILES string of the molecule is Cc1cccc(C)c1C#Cc1cccc(N=Nc2c(C)[nH]n(CCCCO)c2=O)c1O. The number of aromatic amines is 1. The first-order valence-electron chi connectivity index (χ1n) is 10.1. The van der Waals surface area contributed by atoms with Crippen LogP contribution in [0.25, 0.3) is 0 Å². The van der Waals surface area contributed by atoms with Crippen molar-refractivity contribution in [3.05, 3.63) is 74.7 Å². The molecule has 0 radical (unpaired) electrons. The molecule has 1 aromatic heterocycles. The number of aryl methyl sites for hydroxylation is 4. The van der Waals surface area contributed by atoms with Crippen molar-refractivity contribution in [1.29, 1.82) is 0 Å². The number of phenols is 1. The number of phenolic OH excluding ortho intramolecular Hbond substituents is 1. The molecule has 7 nitrogen and oxygen atoms in total. The summed E-state index contributed by atoms with van der Waals surface area (Å²) in [4.78, 5) is 12.5. The Hall–Kier alpha value is -3.63. The number of azo groups is 1. The van der Waals surface area contributed by atoms with Gasteiger partial charge in [0, 0.05) is 18.7 Å². The standard InChI is InChI=1S/C24H26N4O3/c1-16-8-6-9-17(2)20(16)13-12-19-10-7-11-21(23(19)30)25-26-22-18(3)27-28(24(22)31)14-4-5-15-29/h6-11,27,29-30H,4-5,14-15H2,1-3H3. The highest BCUT2D eigenvalue weighted by Gasteiger charge is 2.11. The summed E-state index contributed by atoms with van der Waals surface area (Å²) in [6.45, 7) is 6.28. The zero-order valence-electron chi connectivity index (χ0n) is 17.9. The van der Waals surface area contributed by atoms with Crippen molar-refractivity contribution in [3.63, 3.8) is 0 Å². The van der Waals surface area contributed by atoms with E-state index >= 15 is 0 Å². The lowest BCUT2D eigenvalue weighted by atomic mass is 10.0. The van der Waals surface area contributed by atoms with Gasteiger partial charge in [0.05, 0.1) is 11.3 Å². The molecule has 7 heteroatoms. The van der Waals surface area contributed by atoms with Crippen LogP contribution in [0.2, 0.25) is 0 Å². The summed E-state index contributed by atoms with van der Waals surface area (Å²) in [5.41, 5.74) is 4.23. The predicted molar refractivity (Wildman–Crippen MR) is 120 cm³/mol. The molecule has 3 N–H and O–H groups in total. The summed E-state index contributed by atoms with van der Waals surface area (Å²) < 4.78 is 1.45. The van der Waals surface area contributed by atoms with Crippen LogP contribution in [0, 0.1) is 32.6 Å². The summed E-state index contributed by atoms with van der Waals surface area (Å²) >= 11 is 0. The smallest absolute Gasteiger partial charge is 0.294 e. The minimum absolute atomic E-state index is 0.0820. The van der Waals surface area contributed by atoms with Gasteiger partial charge in [-0.05, 0) is 56.9 Å². The Morgan fingerprint density at radius 1 is 1.00 bits per heavy atom. The molecule has 31 heavy (non-hydrogen) atoms. The van der Waals surface area contributed by atoms with Crippen molar-refractivity contribution in [2.45, 2.75) is 40.2 Å². The summed E-state index contributed by atoms with van der Waals surface area (Å²) in [5.74, 6) is 6.06. The molecular formula is C24H26N4O3. The first-order chi connectivity index (χ1) is 14.9. The second kappa shape index (κ2) is 9.92. The van der Waals surface area contributed by atoms with E-state index in [1.54, 1.807) is 25.1 Å². The maximum atomic E-state index is 12.5. The Balaban J connectivity index is 1.88. The van der Waals surface area contributed by atoms with Crippen LogP contribution in [-0.4, -0.2) is 26.6 Å². The molecule has 0 aliphatic heterocycles. The van der Waals surface area contributed by atoms with Gasteiger partial charge < -0.3 is 10.2 Å². The maximum absolute atomic E-state index is 12.5. The quantitative estimate of drug-likeness (QED) is 0.314. The van der Waals surface area contributed by atoms with Gasteiger partial charge >= 0.3 is 0 Å². The normalized spacial score (nSPS) is 11.0. The molecule has 3 rings (SSSR count). The van der Waals surface area contributed by atoms with Gasteiger partial charge in [-0.1, -0.05) is 36.1 Å². The fourth-order valence-electron chi connectivity index (χ4n) is 3.21. The van der Waals surface area contributed by atoms with E-state index in [-0.39, 0.29) is 29.3 Å². The zero-order valence-corrected chi connectivity index (χ0v) is 17.9. The van der Waals surface area contributed by atoms with E-state index in [4.69, 9.17) is 5.11 Å². The summed E-state index contributed by atoms with van der Waals surface area (Å²) in [6.07, 6.45) is 1.29. The van der Waals surface area contributed by atoms with E-state index in [0.717, 1.165) is 16.7 Å². The average Bonchev–Trinajstić information content (AvgIpc) is 3.01. The highest BCUT2D eigenvalue weighted by molar-refractivity contribution is 5.62. The number of aromatic hydroxyl groups is 1. The van der Waals surface area contributed by atoms with Crippen molar-refractivity contribution in [2.24, 2.45) is 10.2 Å². The minimum atomic E-state index is -0.287. The third-order valence-corrected chi connectivity index (χ3v) is 4.97. The molecule has 0 saturated heterocycles. The van der Waals surface area contributed by atoms with Crippen LogP contribution >= 0.6 is 0 Å². The van der Waals surface area contributed by atoms with Gasteiger partial charge in [0.25, 0.3) is 5.56 Å². The number of unbranched alkanes of at least 4 members (excludes halogenated alkanes) is 1. The number of nitrogens with one attached hydrogen (secondary N) is 1. The van der Waals surface area contributed by atoms with E-state index in [2.05, 4.69) is 27.2 Å². The lowest BCUT2D eigenvalue weighted by Crippen LogP contribution is -2.16. The Morgan fingerprint density at radius 3 is 2.42 bits per heavy atom. The van der Waals surface area contributed by atoms with Crippen LogP contribution in [0.15, 0.2) is 51.4 Å². The number of nitrogens with zero attached hydrogens (tertiary/aromatic N) is 3. The summed E-state index contributed by atoms with van der Waals surface area (Å²) in [7, 11) is 0. The van der Waals surface area contributed by atoms with Crippen LogP contribution in [0.3, 0.4) is 0 Å². The van der Waals surface area contributed by atoms with E-state index in [9.17, 15) is 9.90 Å². The molecule has 0 bridgehead atoms. The van der Waals surface area contributed by atoms with Crippen molar-refractivity contribution in [1.82, 2.24) is 9.78 Å². The minimum Gasteiger partial charge on any atom is -0.504 e. The number of aromatic nitrogens is 2. The number of benzene rings is 2. The number of aliphatic hydroxyl groups excluding tert-OH is 1. The molecule has 1 heterocycles. The Kier molecular flexibility index (Phi) is 7.06. The maximum Gasteiger partial charge on any atom is 0.294 e.